The van der Waals surface area contributed by atoms with Gasteiger partial charge in [-0.2, -0.15) is 0 Å². The molecule has 0 aromatic carbocycles. The van der Waals surface area contributed by atoms with E-state index in [2.05, 4.69) is 6.92 Å². The van der Waals surface area contributed by atoms with Gasteiger partial charge < -0.3 is 24.1 Å². The third-order valence-corrected chi connectivity index (χ3v) is 5.00. The molecule has 0 aromatic heterocycles. The van der Waals surface area contributed by atoms with E-state index in [1.807, 2.05) is 20.8 Å². The van der Waals surface area contributed by atoms with Crippen LogP contribution >= 0.6 is 0 Å². The summed E-state index contributed by atoms with van der Waals surface area (Å²) >= 11 is 0. The Hall–Kier alpha value is -0.690. The molecule has 0 spiro atoms. The predicted octanol–water partition coefficient (Wildman–Crippen LogP) is 3.72. The first-order chi connectivity index (χ1) is 11.8. The van der Waals surface area contributed by atoms with E-state index in [1.54, 1.807) is 0 Å². The minimum absolute atomic E-state index is 0.00587. The van der Waals surface area contributed by atoms with Crippen molar-refractivity contribution >= 4 is 5.97 Å². The molecule has 146 valence electrons. The van der Waals surface area contributed by atoms with Crippen LogP contribution in [0, 0.1) is 5.92 Å². The van der Waals surface area contributed by atoms with Crippen molar-refractivity contribution in [3.63, 3.8) is 0 Å². The molecule has 2 saturated heterocycles. The summed E-state index contributed by atoms with van der Waals surface area (Å²) in [5.41, 5.74) is 0. The maximum atomic E-state index is 11.2. The molecule has 2 rings (SSSR count). The number of carboxylic acid groups (broad SMARTS) is 1. The molecule has 0 aliphatic carbocycles. The second kappa shape index (κ2) is 9.31. The molecule has 0 bridgehead atoms. The van der Waals surface area contributed by atoms with Gasteiger partial charge in [-0.05, 0) is 27.2 Å². The Balaban J connectivity index is 1.86. The van der Waals surface area contributed by atoms with Gasteiger partial charge in [-0.3, -0.25) is 4.79 Å². The third kappa shape index (κ3) is 5.91. The molecule has 1 N–H and O–H groups in total. The standard InChI is InChI=1S/C19H34O6/c1-5-6-7-8-9-10-11-22-18-17-16(24-19(3,4)25-17)14(12-15(20)21)13(2)23-18/h13-14,16-18H,5-12H2,1-4H3,(H,20,21)/t13?,14-,16-,17?,18+/m0/s1. The molecular formula is C19H34O6. The van der Waals surface area contributed by atoms with Crippen LogP contribution in [-0.2, 0) is 23.7 Å². The second-order valence-corrected chi connectivity index (χ2v) is 7.67. The molecule has 0 amide bonds. The summed E-state index contributed by atoms with van der Waals surface area (Å²) in [4.78, 5) is 11.2. The van der Waals surface area contributed by atoms with Gasteiger partial charge in [0, 0.05) is 12.5 Å². The smallest absolute Gasteiger partial charge is 0.303 e. The van der Waals surface area contributed by atoms with Gasteiger partial charge in [-0.15, -0.1) is 0 Å². The van der Waals surface area contributed by atoms with Crippen molar-refractivity contribution in [3.05, 3.63) is 0 Å². The first-order valence-electron chi connectivity index (χ1n) is 9.68. The number of aliphatic carboxylic acids is 1. The molecule has 6 heteroatoms. The molecule has 6 nitrogen and oxygen atoms in total. The molecule has 25 heavy (non-hydrogen) atoms. The Bertz CT molecular complexity index is 424. The zero-order chi connectivity index (χ0) is 18.4. The van der Waals surface area contributed by atoms with Crippen LogP contribution in [0.5, 0.6) is 0 Å². The van der Waals surface area contributed by atoms with Crippen molar-refractivity contribution < 1.29 is 28.8 Å². The van der Waals surface area contributed by atoms with Gasteiger partial charge in [0.2, 0.25) is 0 Å². The van der Waals surface area contributed by atoms with Crippen LogP contribution in [-0.4, -0.2) is 48.1 Å². The number of hydrogen-bond acceptors (Lipinski definition) is 5. The zero-order valence-electron chi connectivity index (χ0n) is 16.0. The molecule has 0 aromatic rings. The lowest BCUT2D eigenvalue weighted by molar-refractivity contribution is -0.262. The van der Waals surface area contributed by atoms with Gasteiger partial charge in [-0.25, -0.2) is 0 Å². The quantitative estimate of drug-likeness (QED) is 0.600. The molecule has 2 aliphatic rings. The van der Waals surface area contributed by atoms with Crippen LogP contribution in [0.4, 0.5) is 0 Å². The third-order valence-electron chi connectivity index (χ3n) is 5.00. The highest BCUT2D eigenvalue weighted by Crippen LogP contribution is 2.41. The van der Waals surface area contributed by atoms with Crippen LogP contribution in [0.3, 0.4) is 0 Å². The van der Waals surface area contributed by atoms with Crippen molar-refractivity contribution in [3.8, 4) is 0 Å². The summed E-state index contributed by atoms with van der Waals surface area (Å²) in [6, 6.07) is 0. The molecule has 0 radical (unpaired) electrons. The minimum atomic E-state index is -0.848. The van der Waals surface area contributed by atoms with E-state index < -0.39 is 18.0 Å². The first-order valence-corrected chi connectivity index (χ1v) is 9.68. The van der Waals surface area contributed by atoms with Crippen molar-refractivity contribution in [2.45, 2.75) is 103 Å². The molecule has 2 fully saturated rings. The molecular weight excluding hydrogens is 324 g/mol. The number of hydrogen-bond donors (Lipinski definition) is 1. The summed E-state index contributed by atoms with van der Waals surface area (Å²) in [7, 11) is 0. The second-order valence-electron chi connectivity index (χ2n) is 7.67. The Kier molecular flexibility index (Phi) is 7.68. The summed E-state index contributed by atoms with van der Waals surface area (Å²) in [5, 5.41) is 9.18. The Morgan fingerprint density at radius 2 is 1.72 bits per heavy atom. The molecule has 2 heterocycles. The van der Waals surface area contributed by atoms with Gasteiger partial charge in [0.15, 0.2) is 12.1 Å². The summed E-state index contributed by atoms with van der Waals surface area (Å²) in [6.45, 7) is 8.42. The molecule has 0 saturated carbocycles. The van der Waals surface area contributed by atoms with Crippen molar-refractivity contribution in [2.75, 3.05) is 6.61 Å². The number of rotatable bonds is 10. The number of unbranched alkanes of at least 4 members (excludes halogenated alkanes) is 5. The lowest BCUT2D eigenvalue weighted by Crippen LogP contribution is -2.53. The van der Waals surface area contributed by atoms with E-state index in [1.165, 1.54) is 25.7 Å². The Morgan fingerprint density at radius 1 is 1.08 bits per heavy atom. The lowest BCUT2D eigenvalue weighted by atomic mass is 9.87. The maximum absolute atomic E-state index is 11.2. The Labute approximate surface area is 151 Å². The fourth-order valence-electron chi connectivity index (χ4n) is 3.72. The number of carboxylic acids is 1. The fourth-order valence-corrected chi connectivity index (χ4v) is 3.72. The molecule has 5 atom stereocenters. The van der Waals surface area contributed by atoms with E-state index in [9.17, 15) is 9.90 Å². The number of ether oxygens (including phenoxy) is 4. The van der Waals surface area contributed by atoms with Gasteiger partial charge in [-0.1, -0.05) is 39.0 Å². The van der Waals surface area contributed by atoms with Gasteiger partial charge in [0.05, 0.1) is 18.6 Å². The average Bonchev–Trinajstić information content (AvgIpc) is 2.85. The predicted molar refractivity (Wildman–Crippen MR) is 93.2 cm³/mol. The Morgan fingerprint density at radius 3 is 2.40 bits per heavy atom. The molecule has 2 aliphatic heterocycles. The van der Waals surface area contributed by atoms with E-state index in [0.29, 0.717) is 6.61 Å². The number of fused-ring (bicyclic) bond motifs is 1. The SMILES string of the molecule is CCCCCCCCO[C@@H]1OC(C)[C@H](CC(=O)O)[C@@H]2OC(C)(C)OC12. The van der Waals surface area contributed by atoms with Crippen molar-refractivity contribution in [1.29, 1.82) is 0 Å². The normalized spacial score (nSPS) is 34.0. The van der Waals surface area contributed by atoms with Crippen LogP contribution in [0.2, 0.25) is 0 Å². The van der Waals surface area contributed by atoms with Crippen LogP contribution < -0.4 is 0 Å². The van der Waals surface area contributed by atoms with E-state index in [-0.39, 0.29) is 30.7 Å². The first kappa shape index (κ1) is 20.6. The highest BCUT2D eigenvalue weighted by Gasteiger charge is 2.54. The van der Waals surface area contributed by atoms with E-state index in [4.69, 9.17) is 18.9 Å². The largest absolute Gasteiger partial charge is 0.481 e. The minimum Gasteiger partial charge on any atom is -0.481 e. The van der Waals surface area contributed by atoms with E-state index >= 15 is 0 Å². The fraction of sp³-hybridized carbons (Fsp3) is 0.947. The number of carbonyl (C=O) groups is 1. The van der Waals surface area contributed by atoms with Gasteiger partial charge in [0.1, 0.15) is 6.10 Å². The van der Waals surface area contributed by atoms with E-state index in [0.717, 1.165) is 12.8 Å². The van der Waals surface area contributed by atoms with Crippen LogP contribution in [0.15, 0.2) is 0 Å². The van der Waals surface area contributed by atoms with Gasteiger partial charge >= 0.3 is 5.97 Å². The van der Waals surface area contributed by atoms with Crippen LogP contribution in [0.1, 0.15) is 72.6 Å². The summed E-state index contributed by atoms with van der Waals surface area (Å²) < 4.78 is 23.9. The van der Waals surface area contributed by atoms with Crippen molar-refractivity contribution in [2.24, 2.45) is 5.92 Å². The zero-order valence-corrected chi connectivity index (χ0v) is 16.0. The monoisotopic (exact) mass is 358 g/mol. The van der Waals surface area contributed by atoms with Crippen LogP contribution in [0.25, 0.3) is 0 Å². The summed E-state index contributed by atoms with van der Waals surface area (Å²) in [5.74, 6) is -1.83. The topological polar surface area (TPSA) is 74.2 Å². The highest BCUT2D eigenvalue weighted by molar-refractivity contribution is 5.67. The van der Waals surface area contributed by atoms with Crippen molar-refractivity contribution in [1.82, 2.24) is 0 Å². The van der Waals surface area contributed by atoms with Gasteiger partial charge in [0.25, 0.3) is 0 Å². The maximum Gasteiger partial charge on any atom is 0.303 e. The highest BCUT2D eigenvalue weighted by atomic mass is 16.8. The molecule has 2 unspecified atom stereocenters. The lowest BCUT2D eigenvalue weighted by Gasteiger charge is -2.40. The average molecular weight is 358 g/mol. The summed E-state index contributed by atoms with van der Waals surface area (Å²) in [6.07, 6.45) is 5.77.